The van der Waals surface area contributed by atoms with Crippen molar-refractivity contribution in [3.63, 3.8) is 0 Å². The normalized spacial score (nSPS) is 12.4. The quantitative estimate of drug-likeness (QED) is 0.520. The Morgan fingerprint density at radius 3 is 2.48 bits per heavy atom. The van der Waals surface area contributed by atoms with Crippen LogP contribution in [0.25, 0.3) is 0 Å². The van der Waals surface area contributed by atoms with Crippen LogP contribution in [0.15, 0.2) is 30.3 Å². The molecule has 0 aliphatic rings. The number of aliphatic hydroxyl groups excluding tert-OH is 1. The highest BCUT2D eigenvalue weighted by molar-refractivity contribution is 5.85. The number of amides is 1. The molecule has 0 heterocycles. The summed E-state index contributed by atoms with van der Waals surface area (Å²) >= 11 is 0. The summed E-state index contributed by atoms with van der Waals surface area (Å²) < 4.78 is 5.14. The fraction of sp³-hybridized carbons (Fsp3) is 0.562. The minimum atomic E-state index is -0.585. The fourth-order valence-electron chi connectivity index (χ4n) is 1.93. The maximum Gasteiger partial charge on any atom is 0.422 e. The Bertz CT molecular complexity index is 452. The second kappa shape index (κ2) is 10.4. The van der Waals surface area contributed by atoms with Crippen LogP contribution in [-0.4, -0.2) is 41.1 Å². The summed E-state index contributed by atoms with van der Waals surface area (Å²) in [6, 6.07) is 9.94. The van der Waals surface area contributed by atoms with E-state index in [2.05, 4.69) is 5.43 Å². The first-order chi connectivity index (χ1) is 10.3. The molecule has 6 nitrogen and oxygen atoms in total. The molecular weight excluding hydrogens is 318 g/mol. The number of nitrogens with zero attached hydrogens (tertiary/aromatic N) is 1. The van der Waals surface area contributed by atoms with Gasteiger partial charge in [0.2, 0.25) is 0 Å². The van der Waals surface area contributed by atoms with Gasteiger partial charge in [-0.1, -0.05) is 30.3 Å². The third-order valence-corrected chi connectivity index (χ3v) is 2.93. The summed E-state index contributed by atoms with van der Waals surface area (Å²) in [5, 5.41) is 10.7. The molecule has 4 N–H and O–H groups in total. The molecule has 0 bridgehead atoms. The molecule has 0 radical (unpaired) electrons. The van der Waals surface area contributed by atoms with Crippen LogP contribution in [0.5, 0.6) is 0 Å². The van der Waals surface area contributed by atoms with Crippen molar-refractivity contribution in [1.29, 1.82) is 0 Å². The lowest BCUT2D eigenvalue weighted by molar-refractivity contribution is 0.0104. The molecule has 7 heteroatoms. The number of ether oxygens (including phenoxy) is 1. The zero-order chi connectivity index (χ0) is 16.6. The lowest BCUT2D eigenvalue weighted by Crippen LogP contribution is -2.46. The van der Waals surface area contributed by atoms with Crippen molar-refractivity contribution >= 4 is 18.5 Å². The van der Waals surface area contributed by atoms with Crippen molar-refractivity contribution in [2.45, 2.75) is 45.3 Å². The maximum absolute atomic E-state index is 11.6. The van der Waals surface area contributed by atoms with Crippen LogP contribution in [0.2, 0.25) is 0 Å². The largest absolute Gasteiger partial charge is 0.443 e. The van der Waals surface area contributed by atoms with Crippen molar-refractivity contribution in [2.75, 3.05) is 13.3 Å². The second-order valence-electron chi connectivity index (χ2n) is 6.26. The van der Waals surface area contributed by atoms with E-state index in [0.29, 0.717) is 13.0 Å². The van der Waals surface area contributed by atoms with Crippen molar-refractivity contribution in [2.24, 2.45) is 5.73 Å². The monoisotopic (exact) mass is 345 g/mol. The number of carbonyl (C=O) groups excluding carboxylic acids is 1. The summed E-state index contributed by atoms with van der Waals surface area (Å²) in [4.78, 5) is 11.6. The van der Waals surface area contributed by atoms with Gasteiger partial charge in [-0.15, -0.1) is 12.4 Å². The number of rotatable bonds is 7. The Balaban J connectivity index is 0.00000484. The van der Waals surface area contributed by atoms with Crippen molar-refractivity contribution in [3.05, 3.63) is 35.9 Å². The maximum atomic E-state index is 11.6. The number of aliphatic hydroxyl groups is 1. The number of hydrogen-bond donors (Lipinski definition) is 3. The molecule has 0 saturated carbocycles. The van der Waals surface area contributed by atoms with Crippen LogP contribution < -0.4 is 11.2 Å². The highest BCUT2D eigenvalue weighted by Gasteiger charge is 2.18. The van der Waals surface area contributed by atoms with Crippen LogP contribution >= 0.6 is 12.4 Å². The molecule has 23 heavy (non-hydrogen) atoms. The standard InChI is InChI=1S/C16H27N3O3.ClH/c1-16(2,3)22-15(21)18-19(12-20)10-9-14(17)11-13-7-5-4-6-8-13;/h4-8,14,20H,9-12,17H2,1-3H3,(H,18,21);1H/t14-;/m1./s1. The SMILES string of the molecule is CC(C)(C)OC(=O)NN(CO)CC[C@@H](N)Cc1ccccc1.Cl. The van der Waals surface area contributed by atoms with Gasteiger partial charge in [0.25, 0.3) is 0 Å². The lowest BCUT2D eigenvalue weighted by Gasteiger charge is -2.25. The summed E-state index contributed by atoms with van der Waals surface area (Å²) in [5.41, 5.74) is 9.20. The number of nitrogens with one attached hydrogen (secondary N) is 1. The van der Waals surface area contributed by atoms with Gasteiger partial charge in [-0.25, -0.2) is 4.79 Å². The molecule has 0 aromatic heterocycles. The van der Waals surface area contributed by atoms with Crippen LogP contribution in [0.1, 0.15) is 32.8 Å². The van der Waals surface area contributed by atoms with Gasteiger partial charge >= 0.3 is 6.09 Å². The third-order valence-electron chi connectivity index (χ3n) is 2.93. The lowest BCUT2D eigenvalue weighted by atomic mass is 10.0. The molecule has 132 valence electrons. The van der Waals surface area contributed by atoms with E-state index in [1.807, 2.05) is 30.3 Å². The first kappa shape index (κ1) is 21.7. The fourth-order valence-corrected chi connectivity index (χ4v) is 1.93. The number of benzene rings is 1. The molecule has 0 spiro atoms. The molecular formula is C16H28ClN3O3. The van der Waals surface area contributed by atoms with Gasteiger partial charge in [-0.05, 0) is 39.2 Å². The topological polar surface area (TPSA) is 87.8 Å². The highest BCUT2D eigenvalue weighted by atomic mass is 35.5. The van der Waals surface area contributed by atoms with Gasteiger partial charge in [0.1, 0.15) is 12.3 Å². The molecule has 1 aromatic carbocycles. The summed E-state index contributed by atoms with van der Waals surface area (Å²) in [6.07, 6.45) is 0.816. The molecule has 0 aliphatic carbocycles. The molecule has 1 amide bonds. The van der Waals surface area contributed by atoms with Gasteiger partial charge < -0.3 is 15.6 Å². The van der Waals surface area contributed by atoms with Crippen molar-refractivity contribution in [1.82, 2.24) is 10.4 Å². The Morgan fingerprint density at radius 2 is 1.96 bits per heavy atom. The average molecular weight is 346 g/mol. The first-order valence-corrected chi connectivity index (χ1v) is 7.45. The molecule has 1 aromatic rings. The van der Waals surface area contributed by atoms with Gasteiger partial charge in [0.05, 0.1) is 0 Å². The van der Waals surface area contributed by atoms with E-state index in [1.54, 1.807) is 20.8 Å². The Kier molecular flexibility index (Phi) is 9.83. The smallest absolute Gasteiger partial charge is 0.422 e. The number of carbonyl (C=O) groups is 1. The molecule has 0 unspecified atom stereocenters. The van der Waals surface area contributed by atoms with Gasteiger partial charge in [0, 0.05) is 12.6 Å². The number of hydrazine groups is 1. The van der Waals surface area contributed by atoms with Crippen molar-refractivity contribution in [3.8, 4) is 0 Å². The summed E-state index contributed by atoms with van der Waals surface area (Å²) in [7, 11) is 0. The van der Waals surface area contributed by atoms with Crippen molar-refractivity contribution < 1.29 is 14.6 Å². The van der Waals surface area contributed by atoms with Crippen LogP contribution in [0.4, 0.5) is 4.79 Å². The van der Waals surface area contributed by atoms with E-state index < -0.39 is 11.7 Å². The number of hydrogen-bond acceptors (Lipinski definition) is 5. The second-order valence-corrected chi connectivity index (χ2v) is 6.26. The Labute approximate surface area is 144 Å². The Morgan fingerprint density at radius 1 is 1.35 bits per heavy atom. The molecule has 1 atom stereocenters. The van der Waals surface area contributed by atoms with E-state index in [-0.39, 0.29) is 25.2 Å². The van der Waals surface area contributed by atoms with E-state index in [4.69, 9.17) is 10.5 Å². The molecule has 0 fully saturated rings. The molecule has 0 saturated heterocycles. The predicted molar refractivity (Wildman–Crippen MR) is 93.1 cm³/mol. The molecule has 1 rings (SSSR count). The zero-order valence-corrected chi connectivity index (χ0v) is 14.8. The van der Waals surface area contributed by atoms with Crippen LogP contribution in [0, 0.1) is 0 Å². The van der Waals surface area contributed by atoms with E-state index in [1.165, 1.54) is 10.6 Å². The number of nitrogens with two attached hydrogens (primary N) is 1. The van der Waals surface area contributed by atoms with E-state index in [9.17, 15) is 9.90 Å². The highest BCUT2D eigenvalue weighted by Crippen LogP contribution is 2.07. The van der Waals surface area contributed by atoms with Crippen LogP contribution in [0.3, 0.4) is 0 Å². The Hall–Kier alpha value is -1.34. The van der Waals surface area contributed by atoms with Gasteiger partial charge in [0.15, 0.2) is 0 Å². The van der Waals surface area contributed by atoms with E-state index in [0.717, 1.165) is 6.42 Å². The zero-order valence-electron chi connectivity index (χ0n) is 14.0. The number of halogens is 1. The van der Waals surface area contributed by atoms with Crippen LogP contribution in [-0.2, 0) is 11.2 Å². The summed E-state index contributed by atoms with van der Waals surface area (Å²) in [6.45, 7) is 5.50. The van der Waals surface area contributed by atoms with Gasteiger partial charge in [-0.3, -0.25) is 5.43 Å². The minimum absolute atomic E-state index is 0. The molecule has 0 aliphatic heterocycles. The summed E-state index contributed by atoms with van der Waals surface area (Å²) in [5.74, 6) is 0. The average Bonchev–Trinajstić information content (AvgIpc) is 2.42. The first-order valence-electron chi connectivity index (χ1n) is 7.45. The van der Waals surface area contributed by atoms with Gasteiger partial charge in [-0.2, -0.15) is 5.01 Å². The predicted octanol–water partition coefficient (Wildman–Crippen LogP) is 2.06. The third kappa shape index (κ3) is 10.1. The van der Waals surface area contributed by atoms with E-state index >= 15 is 0 Å². The minimum Gasteiger partial charge on any atom is -0.443 e.